The van der Waals surface area contributed by atoms with E-state index in [1.54, 1.807) is 0 Å². The molecule has 0 radical (unpaired) electrons. The number of rotatable bonds is 5. The molecule has 96 valence electrons. The SMILES string of the molecule is CC(C)N1CCN(C(C)C)C(CCCO)C1. The minimum atomic E-state index is 0.324. The van der Waals surface area contributed by atoms with Gasteiger partial charge in [0.15, 0.2) is 0 Å². The largest absolute Gasteiger partial charge is 0.396 e. The molecular weight excluding hydrogens is 200 g/mol. The van der Waals surface area contributed by atoms with E-state index in [9.17, 15) is 0 Å². The highest BCUT2D eigenvalue weighted by Crippen LogP contribution is 2.18. The Hall–Kier alpha value is -0.120. The van der Waals surface area contributed by atoms with Gasteiger partial charge in [-0.2, -0.15) is 0 Å². The van der Waals surface area contributed by atoms with Gasteiger partial charge < -0.3 is 5.11 Å². The molecule has 1 unspecified atom stereocenters. The maximum atomic E-state index is 8.96. The van der Waals surface area contributed by atoms with Crippen LogP contribution in [0.2, 0.25) is 0 Å². The third kappa shape index (κ3) is 3.72. The fourth-order valence-electron chi connectivity index (χ4n) is 2.63. The van der Waals surface area contributed by atoms with Crippen LogP contribution in [-0.4, -0.2) is 59.3 Å². The normalized spacial score (nSPS) is 24.6. The average Bonchev–Trinajstić information content (AvgIpc) is 2.25. The lowest BCUT2D eigenvalue weighted by atomic mass is 10.0. The summed E-state index contributed by atoms with van der Waals surface area (Å²) in [4.78, 5) is 5.15. The minimum absolute atomic E-state index is 0.324. The van der Waals surface area contributed by atoms with E-state index in [2.05, 4.69) is 37.5 Å². The second-order valence-corrected chi connectivity index (χ2v) is 5.44. The Morgan fingerprint density at radius 3 is 2.31 bits per heavy atom. The monoisotopic (exact) mass is 228 g/mol. The smallest absolute Gasteiger partial charge is 0.0431 e. The number of hydrogen-bond acceptors (Lipinski definition) is 3. The standard InChI is InChI=1S/C13H28N2O/c1-11(2)14-7-8-15(12(3)4)13(10-14)6-5-9-16/h11-13,16H,5-10H2,1-4H3. The molecule has 1 fully saturated rings. The van der Waals surface area contributed by atoms with Gasteiger partial charge >= 0.3 is 0 Å². The summed E-state index contributed by atoms with van der Waals surface area (Å²) in [6.07, 6.45) is 2.05. The summed E-state index contributed by atoms with van der Waals surface area (Å²) in [6.45, 7) is 12.9. The third-order valence-corrected chi connectivity index (χ3v) is 3.65. The molecule has 0 bridgehead atoms. The van der Waals surface area contributed by atoms with Crippen molar-refractivity contribution in [2.75, 3.05) is 26.2 Å². The Morgan fingerprint density at radius 2 is 1.81 bits per heavy atom. The Bertz CT molecular complexity index is 194. The van der Waals surface area contributed by atoms with Gasteiger partial charge in [0.1, 0.15) is 0 Å². The maximum absolute atomic E-state index is 8.96. The molecule has 0 aromatic carbocycles. The van der Waals surface area contributed by atoms with E-state index in [-0.39, 0.29) is 0 Å². The van der Waals surface area contributed by atoms with Crippen LogP contribution in [-0.2, 0) is 0 Å². The summed E-state index contributed by atoms with van der Waals surface area (Å²) in [5.41, 5.74) is 0. The van der Waals surface area contributed by atoms with E-state index < -0.39 is 0 Å². The molecule has 0 spiro atoms. The zero-order chi connectivity index (χ0) is 12.1. The number of nitrogens with zero attached hydrogens (tertiary/aromatic N) is 2. The number of piperazine rings is 1. The molecule has 0 saturated carbocycles. The van der Waals surface area contributed by atoms with Crippen LogP contribution >= 0.6 is 0 Å². The van der Waals surface area contributed by atoms with Crippen molar-refractivity contribution in [2.45, 2.75) is 58.7 Å². The quantitative estimate of drug-likeness (QED) is 0.773. The molecular formula is C13H28N2O. The van der Waals surface area contributed by atoms with Crippen molar-refractivity contribution in [3.8, 4) is 0 Å². The predicted octanol–water partition coefficient (Wildman–Crippen LogP) is 1.56. The van der Waals surface area contributed by atoms with E-state index in [0.717, 1.165) is 19.4 Å². The predicted molar refractivity (Wildman–Crippen MR) is 68.7 cm³/mol. The van der Waals surface area contributed by atoms with Crippen LogP contribution in [0, 0.1) is 0 Å². The molecule has 0 aromatic heterocycles. The molecule has 16 heavy (non-hydrogen) atoms. The molecule has 1 atom stereocenters. The molecule has 3 nitrogen and oxygen atoms in total. The summed E-state index contributed by atoms with van der Waals surface area (Å²) >= 11 is 0. The first kappa shape index (κ1) is 13.9. The van der Waals surface area contributed by atoms with Crippen molar-refractivity contribution in [3.63, 3.8) is 0 Å². The van der Waals surface area contributed by atoms with E-state index in [1.165, 1.54) is 13.1 Å². The highest BCUT2D eigenvalue weighted by atomic mass is 16.2. The maximum Gasteiger partial charge on any atom is 0.0431 e. The van der Waals surface area contributed by atoms with Crippen LogP contribution in [0.15, 0.2) is 0 Å². The molecule has 1 heterocycles. The Morgan fingerprint density at radius 1 is 1.12 bits per heavy atom. The van der Waals surface area contributed by atoms with Gasteiger partial charge in [-0.1, -0.05) is 0 Å². The zero-order valence-electron chi connectivity index (χ0n) is 11.3. The fourth-order valence-corrected chi connectivity index (χ4v) is 2.63. The summed E-state index contributed by atoms with van der Waals surface area (Å²) in [5.74, 6) is 0. The molecule has 0 aromatic rings. The van der Waals surface area contributed by atoms with Crippen LogP contribution in [0.4, 0.5) is 0 Å². The highest BCUT2D eigenvalue weighted by Gasteiger charge is 2.28. The van der Waals surface area contributed by atoms with Gasteiger partial charge in [-0.05, 0) is 40.5 Å². The van der Waals surface area contributed by atoms with Crippen LogP contribution in [0.5, 0.6) is 0 Å². The molecule has 1 N–H and O–H groups in total. The second-order valence-electron chi connectivity index (χ2n) is 5.44. The molecule has 0 amide bonds. The van der Waals surface area contributed by atoms with Crippen molar-refractivity contribution in [1.82, 2.24) is 9.80 Å². The van der Waals surface area contributed by atoms with Gasteiger partial charge in [-0.3, -0.25) is 9.80 Å². The average molecular weight is 228 g/mol. The number of hydrogen-bond donors (Lipinski definition) is 1. The molecule has 3 heteroatoms. The van der Waals surface area contributed by atoms with Gasteiger partial charge in [0.05, 0.1) is 0 Å². The Labute approximate surface area is 100 Å². The zero-order valence-corrected chi connectivity index (χ0v) is 11.3. The molecule has 1 rings (SSSR count). The lowest BCUT2D eigenvalue weighted by molar-refractivity contribution is 0.0297. The summed E-state index contributed by atoms with van der Waals surface area (Å²) < 4.78 is 0. The number of aliphatic hydroxyl groups excluding tert-OH is 1. The molecule has 1 saturated heterocycles. The molecule has 0 aliphatic carbocycles. The highest BCUT2D eigenvalue weighted by molar-refractivity contribution is 4.85. The third-order valence-electron chi connectivity index (χ3n) is 3.65. The lowest BCUT2D eigenvalue weighted by Crippen LogP contribution is -2.56. The lowest BCUT2D eigenvalue weighted by Gasteiger charge is -2.45. The first-order chi connectivity index (χ1) is 7.56. The van der Waals surface area contributed by atoms with Crippen LogP contribution in [0.3, 0.4) is 0 Å². The second kappa shape index (κ2) is 6.58. The van der Waals surface area contributed by atoms with Crippen LogP contribution in [0.25, 0.3) is 0 Å². The van der Waals surface area contributed by atoms with E-state index in [0.29, 0.717) is 24.7 Å². The van der Waals surface area contributed by atoms with Crippen molar-refractivity contribution in [1.29, 1.82) is 0 Å². The van der Waals surface area contributed by atoms with Crippen molar-refractivity contribution in [2.24, 2.45) is 0 Å². The topological polar surface area (TPSA) is 26.7 Å². The van der Waals surface area contributed by atoms with E-state index in [4.69, 9.17) is 5.11 Å². The van der Waals surface area contributed by atoms with Gasteiger partial charge in [-0.15, -0.1) is 0 Å². The first-order valence-corrected chi connectivity index (χ1v) is 6.67. The summed E-state index contributed by atoms with van der Waals surface area (Å²) in [7, 11) is 0. The van der Waals surface area contributed by atoms with Gasteiger partial charge in [0, 0.05) is 44.4 Å². The Kier molecular flexibility index (Phi) is 5.73. The number of aliphatic hydroxyl groups is 1. The van der Waals surface area contributed by atoms with E-state index >= 15 is 0 Å². The Balaban J connectivity index is 2.54. The fraction of sp³-hybridized carbons (Fsp3) is 1.00. The molecule has 1 aliphatic heterocycles. The van der Waals surface area contributed by atoms with Crippen molar-refractivity contribution >= 4 is 0 Å². The molecule has 1 aliphatic rings. The summed E-state index contributed by atoms with van der Waals surface area (Å²) in [5, 5.41) is 8.96. The van der Waals surface area contributed by atoms with Gasteiger partial charge in [0.2, 0.25) is 0 Å². The van der Waals surface area contributed by atoms with Crippen molar-refractivity contribution in [3.05, 3.63) is 0 Å². The van der Waals surface area contributed by atoms with E-state index in [1.807, 2.05) is 0 Å². The first-order valence-electron chi connectivity index (χ1n) is 6.67. The van der Waals surface area contributed by atoms with Gasteiger partial charge in [0.25, 0.3) is 0 Å². The van der Waals surface area contributed by atoms with Crippen LogP contribution in [0.1, 0.15) is 40.5 Å². The van der Waals surface area contributed by atoms with Crippen molar-refractivity contribution < 1.29 is 5.11 Å². The van der Waals surface area contributed by atoms with Gasteiger partial charge in [-0.25, -0.2) is 0 Å². The minimum Gasteiger partial charge on any atom is -0.396 e. The summed E-state index contributed by atoms with van der Waals surface area (Å²) in [6, 6.07) is 1.90. The van der Waals surface area contributed by atoms with Crippen LogP contribution < -0.4 is 0 Å².